The highest BCUT2D eigenvalue weighted by Crippen LogP contribution is 2.22. The van der Waals surface area contributed by atoms with Crippen molar-refractivity contribution >= 4 is 0 Å². The van der Waals surface area contributed by atoms with Gasteiger partial charge in [0.1, 0.15) is 6.33 Å². The summed E-state index contributed by atoms with van der Waals surface area (Å²) in [7, 11) is 4.19. The molecule has 1 atom stereocenters. The zero-order valence-electron chi connectivity index (χ0n) is 12.2. The Morgan fingerprint density at radius 2 is 1.89 bits per heavy atom. The Kier molecular flexibility index (Phi) is 4.32. The number of aryl methyl sites for hydroxylation is 1. The summed E-state index contributed by atoms with van der Waals surface area (Å²) in [4.78, 5) is 6.56. The van der Waals surface area contributed by atoms with E-state index < -0.39 is 0 Å². The van der Waals surface area contributed by atoms with E-state index in [0.717, 1.165) is 24.4 Å². The standard InChI is InChI=1S/C15H22N4/c1-5-10-19-15(16-11-17-19)14-8-6-13(7-9-14)12(2)18(3)4/h6-9,11-12H,5,10H2,1-4H3. The molecule has 0 radical (unpaired) electrons. The highest BCUT2D eigenvalue weighted by molar-refractivity contribution is 5.55. The molecule has 0 fully saturated rings. The van der Waals surface area contributed by atoms with Gasteiger partial charge in [0.05, 0.1) is 0 Å². The van der Waals surface area contributed by atoms with Crippen LogP contribution in [0.1, 0.15) is 31.9 Å². The van der Waals surface area contributed by atoms with Crippen LogP contribution in [0.3, 0.4) is 0 Å². The first-order valence-corrected chi connectivity index (χ1v) is 6.78. The number of benzene rings is 1. The highest BCUT2D eigenvalue weighted by Gasteiger charge is 2.10. The predicted octanol–water partition coefficient (Wildman–Crippen LogP) is 2.98. The maximum atomic E-state index is 4.36. The van der Waals surface area contributed by atoms with E-state index in [4.69, 9.17) is 0 Å². The molecular formula is C15H22N4. The quantitative estimate of drug-likeness (QED) is 0.826. The molecule has 0 amide bonds. The van der Waals surface area contributed by atoms with Crippen LogP contribution >= 0.6 is 0 Å². The van der Waals surface area contributed by atoms with Gasteiger partial charge in [0.2, 0.25) is 0 Å². The van der Waals surface area contributed by atoms with Gasteiger partial charge >= 0.3 is 0 Å². The summed E-state index contributed by atoms with van der Waals surface area (Å²) in [6.45, 7) is 5.26. The summed E-state index contributed by atoms with van der Waals surface area (Å²) in [6, 6.07) is 9.02. The molecule has 0 N–H and O–H groups in total. The van der Waals surface area contributed by atoms with Gasteiger partial charge in [-0.25, -0.2) is 9.67 Å². The Morgan fingerprint density at radius 1 is 1.21 bits per heavy atom. The van der Waals surface area contributed by atoms with Gasteiger partial charge in [-0.3, -0.25) is 0 Å². The molecule has 19 heavy (non-hydrogen) atoms. The molecule has 2 aromatic rings. The van der Waals surface area contributed by atoms with Gasteiger partial charge < -0.3 is 4.90 Å². The summed E-state index contributed by atoms with van der Waals surface area (Å²) in [5.41, 5.74) is 2.44. The second-order valence-electron chi connectivity index (χ2n) is 5.07. The van der Waals surface area contributed by atoms with E-state index >= 15 is 0 Å². The first-order chi connectivity index (χ1) is 9.13. The summed E-state index contributed by atoms with van der Waals surface area (Å²) >= 11 is 0. The van der Waals surface area contributed by atoms with Gasteiger partial charge in [-0.2, -0.15) is 5.10 Å². The van der Waals surface area contributed by atoms with Crippen molar-refractivity contribution < 1.29 is 0 Å². The maximum Gasteiger partial charge on any atom is 0.158 e. The van der Waals surface area contributed by atoms with Crippen molar-refractivity contribution in [2.24, 2.45) is 0 Å². The number of hydrogen-bond donors (Lipinski definition) is 0. The zero-order valence-corrected chi connectivity index (χ0v) is 12.2. The zero-order chi connectivity index (χ0) is 13.8. The summed E-state index contributed by atoms with van der Waals surface area (Å²) in [5, 5.41) is 4.27. The highest BCUT2D eigenvalue weighted by atomic mass is 15.3. The van der Waals surface area contributed by atoms with Gasteiger partial charge in [0.15, 0.2) is 5.82 Å². The first kappa shape index (κ1) is 13.7. The van der Waals surface area contributed by atoms with Crippen LogP contribution in [0.4, 0.5) is 0 Å². The van der Waals surface area contributed by atoms with E-state index in [1.165, 1.54) is 5.56 Å². The molecule has 0 bridgehead atoms. The normalized spacial score (nSPS) is 12.9. The lowest BCUT2D eigenvalue weighted by atomic mass is 10.1. The van der Waals surface area contributed by atoms with E-state index in [1.54, 1.807) is 6.33 Å². The van der Waals surface area contributed by atoms with Crippen molar-refractivity contribution in [2.75, 3.05) is 14.1 Å². The van der Waals surface area contributed by atoms with Crippen LogP contribution in [0, 0.1) is 0 Å². The molecule has 102 valence electrons. The van der Waals surface area contributed by atoms with Crippen LogP contribution in [0.2, 0.25) is 0 Å². The molecule has 0 aliphatic rings. The third kappa shape index (κ3) is 3.01. The second-order valence-corrected chi connectivity index (χ2v) is 5.07. The minimum absolute atomic E-state index is 0.419. The van der Waals surface area contributed by atoms with Crippen molar-refractivity contribution in [1.29, 1.82) is 0 Å². The molecule has 1 unspecified atom stereocenters. The molecule has 4 nitrogen and oxygen atoms in total. The Hall–Kier alpha value is -1.68. The van der Waals surface area contributed by atoms with Crippen LogP contribution < -0.4 is 0 Å². The summed E-state index contributed by atoms with van der Waals surface area (Å²) < 4.78 is 1.96. The number of hydrogen-bond acceptors (Lipinski definition) is 3. The molecule has 0 spiro atoms. The number of nitrogens with zero attached hydrogens (tertiary/aromatic N) is 4. The van der Waals surface area contributed by atoms with Gasteiger partial charge in [-0.05, 0) is 33.0 Å². The third-order valence-corrected chi connectivity index (χ3v) is 3.48. The van der Waals surface area contributed by atoms with E-state index in [-0.39, 0.29) is 0 Å². The Balaban J connectivity index is 2.25. The first-order valence-electron chi connectivity index (χ1n) is 6.78. The van der Waals surface area contributed by atoms with Gasteiger partial charge in [-0.15, -0.1) is 0 Å². The third-order valence-electron chi connectivity index (χ3n) is 3.48. The smallest absolute Gasteiger partial charge is 0.158 e. The number of aromatic nitrogens is 3. The fourth-order valence-corrected chi connectivity index (χ4v) is 2.07. The van der Waals surface area contributed by atoms with Crippen molar-refractivity contribution in [3.8, 4) is 11.4 Å². The molecule has 4 heteroatoms. The van der Waals surface area contributed by atoms with E-state index in [9.17, 15) is 0 Å². The summed E-state index contributed by atoms with van der Waals surface area (Å²) in [6.07, 6.45) is 2.69. The predicted molar refractivity (Wildman–Crippen MR) is 77.9 cm³/mol. The van der Waals surface area contributed by atoms with E-state index in [2.05, 4.69) is 67.2 Å². The van der Waals surface area contributed by atoms with E-state index in [1.807, 2.05) is 4.68 Å². The Morgan fingerprint density at radius 3 is 2.47 bits per heavy atom. The fraction of sp³-hybridized carbons (Fsp3) is 0.467. The van der Waals surface area contributed by atoms with Crippen LogP contribution in [0.15, 0.2) is 30.6 Å². The number of rotatable bonds is 5. The lowest BCUT2D eigenvalue weighted by Crippen LogP contribution is -2.16. The van der Waals surface area contributed by atoms with Gasteiger partial charge in [0, 0.05) is 18.2 Å². The lowest BCUT2D eigenvalue weighted by molar-refractivity contribution is 0.321. The van der Waals surface area contributed by atoms with Crippen molar-refractivity contribution in [3.05, 3.63) is 36.2 Å². The monoisotopic (exact) mass is 258 g/mol. The minimum Gasteiger partial charge on any atom is -0.303 e. The summed E-state index contributed by atoms with van der Waals surface area (Å²) in [5.74, 6) is 0.950. The van der Waals surface area contributed by atoms with Crippen molar-refractivity contribution in [2.45, 2.75) is 32.9 Å². The van der Waals surface area contributed by atoms with Crippen molar-refractivity contribution in [1.82, 2.24) is 19.7 Å². The van der Waals surface area contributed by atoms with Gasteiger partial charge in [-0.1, -0.05) is 31.2 Å². The molecule has 0 aliphatic carbocycles. The molecule has 0 saturated carbocycles. The SMILES string of the molecule is CCCn1ncnc1-c1ccc(C(C)N(C)C)cc1. The molecular weight excluding hydrogens is 236 g/mol. The average Bonchev–Trinajstić information content (AvgIpc) is 2.87. The molecule has 2 rings (SSSR count). The van der Waals surface area contributed by atoms with Crippen molar-refractivity contribution in [3.63, 3.8) is 0 Å². The second kappa shape index (κ2) is 5.97. The molecule has 1 heterocycles. The Labute approximate surface area is 115 Å². The molecule has 0 aliphatic heterocycles. The van der Waals surface area contributed by atoms with Gasteiger partial charge in [0.25, 0.3) is 0 Å². The molecule has 0 saturated heterocycles. The molecule has 1 aromatic carbocycles. The minimum atomic E-state index is 0.419. The lowest BCUT2D eigenvalue weighted by Gasteiger charge is -2.20. The molecule has 1 aromatic heterocycles. The van der Waals surface area contributed by atoms with Crippen LogP contribution in [0.5, 0.6) is 0 Å². The van der Waals surface area contributed by atoms with Crippen LogP contribution in [-0.4, -0.2) is 33.8 Å². The topological polar surface area (TPSA) is 34.0 Å². The fourth-order valence-electron chi connectivity index (χ4n) is 2.07. The average molecular weight is 258 g/mol. The van der Waals surface area contributed by atoms with Crippen LogP contribution in [0.25, 0.3) is 11.4 Å². The van der Waals surface area contributed by atoms with E-state index in [0.29, 0.717) is 6.04 Å². The largest absolute Gasteiger partial charge is 0.303 e. The Bertz CT molecular complexity index is 513. The van der Waals surface area contributed by atoms with Crippen LogP contribution in [-0.2, 0) is 6.54 Å². The maximum absolute atomic E-state index is 4.36.